The Kier molecular flexibility index (Phi) is 3.71. The number of carbonyl (C=O) groups excluding carboxylic acids is 1. The van der Waals surface area contributed by atoms with E-state index in [1.54, 1.807) is 7.05 Å². The molecule has 6 heteroatoms. The summed E-state index contributed by atoms with van der Waals surface area (Å²) in [6.07, 6.45) is 1.05. The number of hydrogen-bond donors (Lipinski definition) is 2. The van der Waals surface area contributed by atoms with Crippen molar-refractivity contribution in [2.24, 2.45) is 5.73 Å². The summed E-state index contributed by atoms with van der Waals surface area (Å²) >= 11 is 0. The molecule has 1 saturated carbocycles. The van der Waals surface area contributed by atoms with Crippen LogP contribution in [0.2, 0.25) is 0 Å². The second-order valence-corrected chi connectivity index (χ2v) is 4.73. The minimum atomic E-state index is -1.01. The molecule has 19 heavy (non-hydrogen) atoms. The van der Waals surface area contributed by atoms with Gasteiger partial charge in [-0.2, -0.15) is 4.39 Å². The van der Waals surface area contributed by atoms with Gasteiger partial charge in [-0.25, -0.2) is 4.39 Å². The average molecular weight is 270 g/mol. The molecule has 1 aliphatic carbocycles. The van der Waals surface area contributed by atoms with Crippen molar-refractivity contribution >= 4 is 5.91 Å². The number of amides is 1. The Hall–Kier alpha value is -1.69. The van der Waals surface area contributed by atoms with E-state index in [-0.39, 0.29) is 11.9 Å². The maximum Gasteiger partial charge on any atom is 0.237 e. The zero-order valence-electron chi connectivity index (χ0n) is 10.6. The van der Waals surface area contributed by atoms with Gasteiger partial charge in [0.05, 0.1) is 0 Å². The second-order valence-electron chi connectivity index (χ2n) is 4.73. The lowest BCUT2D eigenvalue weighted by atomic mass is 9.97. The maximum absolute atomic E-state index is 13.5. The van der Waals surface area contributed by atoms with Crippen LogP contribution in [0.25, 0.3) is 0 Å². The van der Waals surface area contributed by atoms with Gasteiger partial charge in [0.1, 0.15) is 11.6 Å². The first-order valence-corrected chi connectivity index (χ1v) is 6.08. The molecule has 1 aliphatic rings. The Morgan fingerprint density at radius 3 is 2.84 bits per heavy atom. The molecule has 2 unspecified atom stereocenters. The van der Waals surface area contributed by atoms with Crippen LogP contribution >= 0.6 is 0 Å². The van der Waals surface area contributed by atoms with Crippen molar-refractivity contribution < 1.29 is 18.3 Å². The predicted octanol–water partition coefficient (Wildman–Crippen LogP) is 1.34. The first kappa shape index (κ1) is 13.7. The van der Waals surface area contributed by atoms with Crippen LogP contribution < -0.4 is 15.8 Å². The summed E-state index contributed by atoms with van der Waals surface area (Å²) in [5.41, 5.74) is 4.54. The molecule has 1 aromatic rings. The number of benzene rings is 1. The van der Waals surface area contributed by atoms with Crippen LogP contribution in [-0.4, -0.2) is 24.6 Å². The quantitative estimate of drug-likeness (QED) is 0.867. The van der Waals surface area contributed by atoms with Crippen molar-refractivity contribution in [1.82, 2.24) is 5.32 Å². The highest BCUT2D eigenvalue weighted by Crippen LogP contribution is 2.33. The molecule has 0 saturated heterocycles. The molecule has 2 rings (SSSR count). The molecule has 1 amide bonds. The van der Waals surface area contributed by atoms with Crippen LogP contribution in [0.15, 0.2) is 18.2 Å². The van der Waals surface area contributed by atoms with Crippen LogP contribution in [0, 0.1) is 11.6 Å². The fourth-order valence-electron chi connectivity index (χ4n) is 2.43. The lowest BCUT2D eigenvalue weighted by Gasteiger charge is -2.24. The Morgan fingerprint density at radius 2 is 2.26 bits per heavy atom. The molecule has 4 nitrogen and oxygen atoms in total. The van der Waals surface area contributed by atoms with E-state index in [0.29, 0.717) is 19.3 Å². The topological polar surface area (TPSA) is 64.3 Å². The molecule has 104 valence electrons. The molecule has 0 spiro atoms. The van der Waals surface area contributed by atoms with Crippen molar-refractivity contribution in [1.29, 1.82) is 0 Å². The first-order chi connectivity index (χ1) is 8.98. The van der Waals surface area contributed by atoms with Crippen molar-refractivity contribution in [2.75, 3.05) is 7.05 Å². The number of hydrogen-bond acceptors (Lipinski definition) is 3. The summed E-state index contributed by atoms with van der Waals surface area (Å²) in [6.45, 7) is 0. The highest BCUT2D eigenvalue weighted by atomic mass is 19.2. The summed E-state index contributed by atoms with van der Waals surface area (Å²) in [5.74, 6) is -2.56. The van der Waals surface area contributed by atoms with E-state index >= 15 is 0 Å². The molecule has 1 aromatic carbocycles. The number of ether oxygens (including phenoxy) is 1. The maximum atomic E-state index is 13.5. The molecule has 0 radical (unpaired) electrons. The molecule has 3 N–H and O–H groups in total. The number of rotatable bonds is 4. The highest BCUT2D eigenvalue weighted by Gasteiger charge is 2.44. The van der Waals surface area contributed by atoms with E-state index in [1.807, 2.05) is 0 Å². The average Bonchev–Trinajstić information content (AvgIpc) is 2.80. The molecule has 2 atom stereocenters. The van der Waals surface area contributed by atoms with E-state index in [9.17, 15) is 13.6 Å². The number of primary amides is 1. The summed E-state index contributed by atoms with van der Waals surface area (Å²) < 4.78 is 32.0. The van der Waals surface area contributed by atoms with Gasteiger partial charge < -0.3 is 15.8 Å². The number of likely N-dealkylation sites (N-methyl/N-ethyl adjacent to an activating group) is 1. The van der Waals surface area contributed by atoms with Crippen LogP contribution in [0.1, 0.15) is 19.3 Å². The van der Waals surface area contributed by atoms with Crippen LogP contribution in [0.3, 0.4) is 0 Å². The number of carbonyl (C=O) groups is 1. The minimum Gasteiger partial charge on any atom is -0.487 e. The Labute approximate surface area is 109 Å². The third kappa shape index (κ3) is 2.53. The van der Waals surface area contributed by atoms with Crippen molar-refractivity contribution in [2.45, 2.75) is 30.9 Å². The Balaban J connectivity index is 2.10. The molecule has 0 aromatic heterocycles. The number of nitrogens with one attached hydrogen (secondary N) is 1. The molecular formula is C13H16F2N2O2. The molecule has 1 fully saturated rings. The Bertz CT molecular complexity index is 496. The van der Waals surface area contributed by atoms with Gasteiger partial charge in [-0.1, -0.05) is 6.07 Å². The van der Waals surface area contributed by atoms with Gasteiger partial charge in [0, 0.05) is 6.42 Å². The minimum absolute atomic E-state index is 0.138. The van der Waals surface area contributed by atoms with E-state index in [2.05, 4.69) is 5.32 Å². The zero-order chi connectivity index (χ0) is 14.0. The van der Waals surface area contributed by atoms with Gasteiger partial charge in [-0.05, 0) is 32.0 Å². The van der Waals surface area contributed by atoms with Gasteiger partial charge in [0.25, 0.3) is 0 Å². The number of halogens is 2. The molecule has 0 heterocycles. The molecular weight excluding hydrogens is 254 g/mol. The standard InChI is InChI=1S/C13H16F2N2O2/c1-17-13(12(16)18)6-5-8(7-13)19-10-4-2-3-9(14)11(10)15/h2-4,8,17H,5-7H2,1H3,(H2,16,18). The summed E-state index contributed by atoms with van der Waals surface area (Å²) in [7, 11) is 1.65. The Morgan fingerprint density at radius 1 is 1.53 bits per heavy atom. The smallest absolute Gasteiger partial charge is 0.237 e. The summed E-state index contributed by atoms with van der Waals surface area (Å²) in [4.78, 5) is 11.4. The van der Waals surface area contributed by atoms with Crippen molar-refractivity contribution in [3.05, 3.63) is 29.8 Å². The van der Waals surface area contributed by atoms with Crippen LogP contribution in [0.5, 0.6) is 5.75 Å². The predicted molar refractivity (Wildman–Crippen MR) is 65.6 cm³/mol. The lowest BCUT2D eigenvalue weighted by molar-refractivity contribution is -0.124. The number of nitrogens with two attached hydrogens (primary N) is 1. The van der Waals surface area contributed by atoms with Crippen molar-refractivity contribution in [3.63, 3.8) is 0 Å². The van der Waals surface area contributed by atoms with Gasteiger partial charge in [-0.15, -0.1) is 0 Å². The third-order valence-corrected chi connectivity index (χ3v) is 3.63. The van der Waals surface area contributed by atoms with E-state index in [0.717, 1.165) is 6.07 Å². The third-order valence-electron chi connectivity index (χ3n) is 3.63. The summed E-state index contributed by atoms with van der Waals surface area (Å²) in [6, 6.07) is 3.77. The van der Waals surface area contributed by atoms with Gasteiger partial charge in [-0.3, -0.25) is 4.79 Å². The van der Waals surface area contributed by atoms with E-state index in [1.165, 1.54) is 12.1 Å². The second kappa shape index (κ2) is 5.13. The van der Waals surface area contributed by atoms with Crippen LogP contribution in [0.4, 0.5) is 8.78 Å². The van der Waals surface area contributed by atoms with Crippen LogP contribution in [-0.2, 0) is 4.79 Å². The van der Waals surface area contributed by atoms with Gasteiger partial charge in [0.2, 0.25) is 11.7 Å². The lowest BCUT2D eigenvalue weighted by Crippen LogP contribution is -2.52. The fourth-order valence-corrected chi connectivity index (χ4v) is 2.43. The normalized spacial score (nSPS) is 26.4. The van der Waals surface area contributed by atoms with Gasteiger partial charge in [0.15, 0.2) is 11.6 Å². The highest BCUT2D eigenvalue weighted by molar-refractivity contribution is 5.85. The largest absolute Gasteiger partial charge is 0.487 e. The van der Waals surface area contributed by atoms with Gasteiger partial charge >= 0.3 is 0 Å². The van der Waals surface area contributed by atoms with E-state index in [4.69, 9.17) is 10.5 Å². The summed E-state index contributed by atoms with van der Waals surface area (Å²) in [5, 5.41) is 2.90. The monoisotopic (exact) mass is 270 g/mol. The van der Waals surface area contributed by atoms with Crippen molar-refractivity contribution in [3.8, 4) is 5.75 Å². The first-order valence-electron chi connectivity index (χ1n) is 6.08. The zero-order valence-corrected chi connectivity index (χ0v) is 10.6. The van der Waals surface area contributed by atoms with E-state index < -0.39 is 23.1 Å². The fraction of sp³-hybridized carbons (Fsp3) is 0.462. The molecule has 0 aliphatic heterocycles. The molecule has 0 bridgehead atoms. The SMILES string of the molecule is CNC1(C(N)=O)CCC(Oc2cccc(F)c2F)C1.